The van der Waals surface area contributed by atoms with Gasteiger partial charge in [-0.2, -0.15) is 0 Å². The second kappa shape index (κ2) is 5.93. The summed E-state index contributed by atoms with van der Waals surface area (Å²) in [5.74, 6) is 0.904. The van der Waals surface area contributed by atoms with Gasteiger partial charge in [-0.15, -0.1) is 0 Å². The minimum absolute atomic E-state index is 0.554. The molecule has 1 N–H and O–H groups in total. The molecule has 1 rings (SSSR count). The number of likely N-dealkylation sites (N-methyl/N-ethyl adjacent to an activating group) is 1. The fourth-order valence-electron chi connectivity index (χ4n) is 1.21. The maximum absolute atomic E-state index is 5.66. The Morgan fingerprint density at radius 2 is 2.27 bits per heavy atom. The molecule has 2 nitrogen and oxygen atoms in total. The molecule has 0 aliphatic carbocycles. The molecule has 0 radical (unpaired) electrons. The average Bonchev–Trinajstić information content (AvgIpc) is 2.20. The third kappa shape index (κ3) is 4.06. The molecule has 0 unspecified atom stereocenters. The van der Waals surface area contributed by atoms with Crippen LogP contribution >= 0.6 is 15.9 Å². The summed E-state index contributed by atoms with van der Waals surface area (Å²) >= 11 is 3.42. The van der Waals surface area contributed by atoms with E-state index in [-0.39, 0.29) is 0 Å². The van der Waals surface area contributed by atoms with Crippen LogP contribution in [-0.4, -0.2) is 20.2 Å². The van der Waals surface area contributed by atoms with E-state index in [4.69, 9.17) is 4.74 Å². The molecule has 15 heavy (non-hydrogen) atoms. The molecule has 0 atom stereocenters. The lowest BCUT2D eigenvalue weighted by Gasteiger charge is -2.10. The summed E-state index contributed by atoms with van der Waals surface area (Å²) in [5.41, 5.74) is 2.17. The molecule has 0 saturated carbocycles. The normalized spacial score (nSPS) is 10.1. The van der Waals surface area contributed by atoms with E-state index in [1.54, 1.807) is 0 Å². The number of hydrogen-bond donors (Lipinski definition) is 1. The number of benzene rings is 1. The van der Waals surface area contributed by atoms with Gasteiger partial charge in [-0.05, 0) is 37.2 Å². The van der Waals surface area contributed by atoms with E-state index in [1.165, 1.54) is 0 Å². The van der Waals surface area contributed by atoms with Gasteiger partial charge >= 0.3 is 0 Å². The van der Waals surface area contributed by atoms with Gasteiger partial charge < -0.3 is 10.1 Å². The number of rotatable bonds is 5. The van der Waals surface area contributed by atoms with Crippen LogP contribution in [0.25, 0.3) is 0 Å². The van der Waals surface area contributed by atoms with Gasteiger partial charge in [0.25, 0.3) is 0 Å². The molecule has 0 fully saturated rings. The Kier molecular flexibility index (Phi) is 4.85. The molecule has 0 aliphatic rings. The molecular weight excluding hydrogens is 254 g/mol. The van der Waals surface area contributed by atoms with Crippen LogP contribution in [0.5, 0.6) is 5.75 Å². The first-order valence-corrected chi connectivity index (χ1v) is 5.63. The van der Waals surface area contributed by atoms with Crippen LogP contribution in [0.4, 0.5) is 0 Å². The summed E-state index contributed by atoms with van der Waals surface area (Å²) in [6, 6.07) is 6.01. The monoisotopic (exact) mass is 269 g/mol. The van der Waals surface area contributed by atoms with Crippen LogP contribution < -0.4 is 10.1 Å². The third-order valence-corrected chi connectivity index (χ3v) is 2.50. The highest BCUT2D eigenvalue weighted by Gasteiger charge is 2.01. The quantitative estimate of drug-likeness (QED) is 0.831. The van der Waals surface area contributed by atoms with Gasteiger partial charge in [-0.1, -0.05) is 28.6 Å². The highest BCUT2D eigenvalue weighted by atomic mass is 79.9. The molecule has 82 valence electrons. The van der Waals surface area contributed by atoms with E-state index in [1.807, 2.05) is 32.2 Å². The fourth-order valence-corrected chi connectivity index (χ4v) is 1.55. The maximum Gasteiger partial charge on any atom is 0.123 e. The summed E-state index contributed by atoms with van der Waals surface area (Å²) < 4.78 is 6.69. The van der Waals surface area contributed by atoms with Crippen molar-refractivity contribution in [1.82, 2.24) is 5.32 Å². The Hall–Kier alpha value is -0.800. The zero-order valence-corrected chi connectivity index (χ0v) is 10.7. The molecule has 0 amide bonds. The minimum Gasteiger partial charge on any atom is -0.489 e. The van der Waals surface area contributed by atoms with E-state index < -0.39 is 0 Å². The lowest BCUT2D eigenvalue weighted by molar-refractivity contribution is 0.346. The third-order valence-electron chi connectivity index (χ3n) is 2.01. The second-order valence-corrected chi connectivity index (χ2v) is 4.39. The van der Waals surface area contributed by atoms with Gasteiger partial charge in [-0.3, -0.25) is 0 Å². The SMILES string of the molecule is C=C(CNC)COc1cc(Br)ccc1C. The summed E-state index contributed by atoms with van der Waals surface area (Å²) in [5, 5.41) is 3.04. The molecule has 0 spiro atoms. The average molecular weight is 270 g/mol. The zero-order valence-electron chi connectivity index (χ0n) is 9.14. The van der Waals surface area contributed by atoms with E-state index in [9.17, 15) is 0 Å². The summed E-state index contributed by atoms with van der Waals surface area (Å²) in [7, 11) is 1.90. The number of nitrogens with one attached hydrogen (secondary N) is 1. The molecule has 0 bridgehead atoms. The van der Waals surface area contributed by atoms with Crippen molar-refractivity contribution in [3.05, 3.63) is 40.4 Å². The summed E-state index contributed by atoms with van der Waals surface area (Å²) in [4.78, 5) is 0. The van der Waals surface area contributed by atoms with E-state index in [0.29, 0.717) is 6.61 Å². The van der Waals surface area contributed by atoms with Gasteiger partial charge in [0.05, 0.1) is 0 Å². The first kappa shape index (κ1) is 12.3. The first-order valence-electron chi connectivity index (χ1n) is 4.83. The van der Waals surface area contributed by atoms with Gasteiger partial charge in [0.15, 0.2) is 0 Å². The molecule has 0 aromatic heterocycles. The highest BCUT2D eigenvalue weighted by Crippen LogP contribution is 2.23. The van der Waals surface area contributed by atoms with Crippen LogP contribution in [-0.2, 0) is 0 Å². The lowest BCUT2D eigenvalue weighted by Crippen LogP contribution is -2.14. The predicted molar refractivity (Wildman–Crippen MR) is 67.4 cm³/mol. The molecule has 0 heterocycles. The van der Waals surface area contributed by atoms with Gasteiger partial charge in [0.2, 0.25) is 0 Å². The minimum atomic E-state index is 0.554. The van der Waals surface area contributed by atoms with Crippen molar-refractivity contribution in [2.24, 2.45) is 0 Å². The smallest absolute Gasteiger partial charge is 0.123 e. The Bertz CT molecular complexity index is 349. The van der Waals surface area contributed by atoms with Gasteiger partial charge in [-0.25, -0.2) is 0 Å². The van der Waals surface area contributed by atoms with Gasteiger partial charge in [0, 0.05) is 11.0 Å². The van der Waals surface area contributed by atoms with E-state index in [2.05, 4.69) is 27.8 Å². The number of halogens is 1. The van der Waals surface area contributed by atoms with Crippen molar-refractivity contribution >= 4 is 15.9 Å². The van der Waals surface area contributed by atoms with Crippen molar-refractivity contribution in [2.75, 3.05) is 20.2 Å². The Morgan fingerprint density at radius 3 is 2.93 bits per heavy atom. The largest absolute Gasteiger partial charge is 0.489 e. The van der Waals surface area contributed by atoms with Crippen molar-refractivity contribution in [2.45, 2.75) is 6.92 Å². The van der Waals surface area contributed by atoms with E-state index in [0.717, 1.165) is 27.9 Å². The fraction of sp³-hybridized carbons (Fsp3) is 0.333. The Balaban J connectivity index is 2.57. The Labute approximate surface area is 99.5 Å². The van der Waals surface area contributed by atoms with Crippen LogP contribution in [0, 0.1) is 6.92 Å². The molecule has 1 aromatic rings. The standard InChI is InChI=1S/C12H16BrNO/c1-9(7-14-3)8-15-12-6-11(13)5-4-10(12)2/h4-6,14H,1,7-8H2,2-3H3. The van der Waals surface area contributed by atoms with E-state index >= 15 is 0 Å². The summed E-state index contributed by atoms with van der Waals surface area (Å²) in [6.45, 7) is 7.28. The highest BCUT2D eigenvalue weighted by molar-refractivity contribution is 9.10. The molecule has 0 aliphatic heterocycles. The zero-order chi connectivity index (χ0) is 11.3. The van der Waals surface area contributed by atoms with Gasteiger partial charge in [0.1, 0.15) is 12.4 Å². The molecular formula is C12H16BrNO. The van der Waals surface area contributed by atoms with Crippen LogP contribution in [0.3, 0.4) is 0 Å². The van der Waals surface area contributed by atoms with Crippen molar-refractivity contribution < 1.29 is 4.74 Å². The molecule has 1 aromatic carbocycles. The number of aryl methyl sites for hydroxylation is 1. The Morgan fingerprint density at radius 1 is 1.53 bits per heavy atom. The first-order chi connectivity index (χ1) is 7.13. The second-order valence-electron chi connectivity index (χ2n) is 3.48. The lowest BCUT2D eigenvalue weighted by atomic mass is 10.2. The van der Waals surface area contributed by atoms with Crippen molar-refractivity contribution in [1.29, 1.82) is 0 Å². The number of hydrogen-bond acceptors (Lipinski definition) is 2. The molecule has 0 saturated heterocycles. The van der Waals surface area contributed by atoms with Crippen molar-refractivity contribution in [3.8, 4) is 5.75 Å². The van der Waals surface area contributed by atoms with Crippen LogP contribution in [0.1, 0.15) is 5.56 Å². The number of ether oxygens (including phenoxy) is 1. The predicted octanol–water partition coefficient (Wildman–Crippen LogP) is 2.91. The van der Waals surface area contributed by atoms with Crippen LogP contribution in [0.2, 0.25) is 0 Å². The summed E-state index contributed by atoms with van der Waals surface area (Å²) in [6.07, 6.45) is 0. The molecule has 3 heteroatoms. The van der Waals surface area contributed by atoms with Crippen molar-refractivity contribution in [3.63, 3.8) is 0 Å². The maximum atomic E-state index is 5.66. The topological polar surface area (TPSA) is 21.3 Å². The van der Waals surface area contributed by atoms with Crippen LogP contribution in [0.15, 0.2) is 34.8 Å².